The predicted molar refractivity (Wildman–Crippen MR) is 102 cm³/mol. The first kappa shape index (κ1) is 18.6. The molecule has 0 unspecified atom stereocenters. The van der Waals surface area contributed by atoms with Gasteiger partial charge in [0.15, 0.2) is 0 Å². The van der Waals surface area contributed by atoms with Crippen molar-refractivity contribution >= 4 is 11.6 Å². The molecule has 0 aliphatic heterocycles. The fraction of sp³-hybridized carbons (Fsp3) is 0.136. The van der Waals surface area contributed by atoms with Gasteiger partial charge in [-0.25, -0.2) is 8.78 Å². The zero-order chi connectivity index (χ0) is 19.7. The highest BCUT2D eigenvalue weighted by atomic mass is 19.1. The minimum absolute atomic E-state index is 0.0618. The molecule has 3 aromatic rings. The Morgan fingerprint density at radius 1 is 0.926 bits per heavy atom. The number of hydrogen-bond donors (Lipinski definition) is 2. The van der Waals surface area contributed by atoms with Crippen LogP contribution in [0.1, 0.15) is 27.0 Å². The molecule has 0 aliphatic carbocycles. The quantitative estimate of drug-likeness (QED) is 0.641. The lowest BCUT2D eigenvalue weighted by molar-refractivity contribution is 0.102. The van der Waals surface area contributed by atoms with E-state index in [0.717, 1.165) is 17.2 Å². The maximum Gasteiger partial charge on any atom is 0.256 e. The number of phenols is 1. The van der Waals surface area contributed by atoms with Gasteiger partial charge < -0.3 is 10.4 Å². The fourth-order valence-electron chi connectivity index (χ4n) is 2.93. The summed E-state index contributed by atoms with van der Waals surface area (Å²) in [7, 11) is 0. The van der Waals surface area contributed by atoms with Crippen LogP contribution in [0.5, 0.6) is 5.75 Å². The summed E-state index contributed by atoms with van der Waals surface area (Å²) in [6.07, 6.45) is 0. The van der Waals surface area contributed by atoms with Gasteiger partial charge in [0.1, 0.15) is 17.4 Å². The molecule has 2 N–H and O–H groups in total. The van der Waals surface area contributed by atoms with Crippen molar-refractivity contribution in [1.29, 1.82) is 0 Å². The number of aryl methyl sites for hydroxylation is 1. The predicted octanol–water partition coefficient (Wildman–Crippen LogP) is 5.51. The number of carbonyl (C=O) groups is 1. The van der Waals surface area contributed by atoms with Gasteiger partial charge in [0.05, 0.1) is 5.69 Å². The van der Waals surface area contributed by atoms with E-state index >= 15 is 0 Å². The zero-order valence-corrected chi connectivity index (χ0v) is 15.2. The number of amides is 1. The molecule has 0 spiro atoms. The molecule has 0 aromatic heterocycles. The van der Waals surface area contributed by atoms with Crippen LogP contribution in [0.3, 0.4) is 0 Å². The molecule has 5 heteroatoms. The summed E-state index contributed by atoms with van der Waals surface area (Å²) < 4.78 is 27.7. The van der Waals surface area contributed by atoms with Crippen LogP contribution in [0.4, 0.5) is 14.5 Å². The third-order valence-electron chi connectivity index (χ3n) is 4.69. The molecule has 0 aliphatic rings. The summed E-state index contributed by atoms with van der Waals surface area (Å²) in [5, 5.41) is 12.3. The normalized spacial score (nSPS) is 10.7. The Labute approximate surface area is 156 Å². The van der Waals surface area contributed by atoms with Crippen molar-refractivity contribution in [3.8, 4) is 16.9 Å². The number of benzene rings is 3. The van der Waals surface area contributed by atoms with E-state index < -0.39 is 11.7 Å². The highest BCUT2D eigenvalue weighted by Crippen LogP contribution is 2.30. The molecule has 0 heterocycles. The Bertz CT molecular complexity index is 1040. The van der Waals surface area contributed by atoms with E-state index in [2.05, 4.69) is 5.32 Å². The van der Waals surface area contributed by atoms with Crippen LogP contribution in [-0.2, 0) is 0 Å². The number of anilines is 1. The number of nitrogens with one attached hydrogen (secondary N) is 1. The Kier molecular flexibility index (Phi) is 4.95. The number of halogens is 2. The molecule has 0 bridgehead atoms. The van der Waals surface area contributed by atoms with Gasteiger partial charge in [-0.1, -0.05) is 18.2 Å². The Morgan fingerprint density at radius 2 is 1.67 bits per heavy atom. The smallest absolute Gasteiger partial charge is 0.256 e. The number of aromatic hydroxyl groups is 1. The third kappa shape index (κ3) is 3.67. The summed E-state index contributed by atoms with van der Waals surface area (Å²) >= 11 is 0. The van der Waals surface area contributed by atoms with E-state index in [9.17, 15) is 18.7 Å². The molecule has 0 fully saturated rings. The number of carbonyl (C=O) groups excluding carboxylic acids is 1. The minimum Gasteiger partial charge on any atom is -0.508 e. The van der Waals surface area contributed by atoms with Crippen molar-refractivity contribution < 1.29 is 18.7 Å². The van der Waals surface area contributed by atoms with E-state index in [1.54, 1.807) is 25.1 Å². The van der Waals surface area contributed by atoms with Gasteiger partial charge in [0, 0.05) is 11.1 Å². The van der Waals surface area contributed by atoms with E-state index in [1.807, 2.05) is 13.0 Å². The molecule has 3 aromatic carbocycles. The van der Waals surface area contributed by atoms with Gasteiger partial charge in [0.2, 0.25) is 0 Å². The average molecular weight is 367 g/mol. The van der Waals surface area contributed by atoms with Gasteiger partial charge in [-0.2, -0.15) is 0 Å². The van der Waals surface area contributed by atoms with Gasteiger partial charge in [0.25, 0.3) is 5.91 Å². The lowest BCUT2D eigenvalue weighted by Gasteiger charge is -2.15. The first-order valence-electron chi connectivity index (χ1n) is 8.44. The molecule has 1 amide bonds. The van der Waals surface area contributed by atoms with Crippen LogP contribution in [0.2, 0.25) is 0 Å². The second-order valence-corrected chi connectivity index (χ2v) is 6.50. The van der Waals surface area contributed by atoms with Crippen molar-refractivity contribution in [2.45, 2.75) is 20.8 Å². The molecule has 0 saturated carbocycles. The van der Waals surface area contributed by atoms with Gasteiger partial charge in [-0.3, -0.25) is 4.79 Å². The van der Waals surface area contributed by atoms with Crippen LogP contribution in [0.25, 0.3) is 11.1 Å². The van der Waals surface area contributed by atoms with Crippen LogP contribution >= 0.6 is 0 Å². The summed E-state index contributed by atoms with van der Waals surface area (Å²) in [4.78, 5) is 12.8. The summed E-state index contributed by atoms with van der Waals surface area (Å²) in [5.41, 5.74) is 3.48. The fourth-order valence-corrected chi connectivity index (χ4v) is 2.93. The maximum absolute atomic E-state index is 14.1. The maximum atomic E-state index is 14.1. The van der Waals surface area contributed by atoms with Gasteiger partial charge in [-0.05, 0) is 73.4 Å². The van der Waals surface area contributed by atoms with Crippen molar-refractivity contribution in [2.75, 3.05) is 5.32 Å². The highest BCUT2D eigenvalue weighted by molar-refractivity contribution is 6.06. The third-order valence-corrected chi connectivity index (χ3v) is 4.69. The molecule has 3 nitrogen and oxygen atoms in total. The van der Waals surface area contributed by atoms with Crippen molar-refractivity contribution in [3.05, 3.63) is 82.4 Å². The first-order chi connectivity index (χ1) is 12.8. The molecule has 0 saturated heterocycles. The van der Waals surface area contributed by atoms with Crippen LogP contribution < -0.4 is 5.32 Å². The molecule has 0 radical (unpaired) electrons. The van der Waals surface area contributed by atoms with Crippen molar-refractivity contribution in [2.24, 2.45) is 0 Å². The number of hydrogen-bond acceptors (Lipinski definition) is 2. The monoisotopic (exact) mass is 367 g/mol. The Morgan fingerprint density at radius 3 is 2.37 bits per heavy atom. The van der Waals surface area contributed by atoms with E-state index in [-0.39, 0.29) is 22.8 Å². The van der Waals surface area contributed by atoms with E-state index in [4.69, 9.17) is 0 Å². The Hall–Kier alpha value is -3.21. The van der Waals surface area contributed by atoms with Crippen LogP contribution in [-0.4, -0.2) is 11.0 Å². The molecular weight excluding hydrogens is 348 g/mol. The van der Waals surface area contributed by atoms with Gasteiger partial charge >= 0.3 is 0 Å². The average Bonchev–Trinajstić information content (AvgIpc) is 2.64. The summed E-state index contributed by atoms with van der Waals surface area (Å²) in [5.74, 6) is -1.60. The lowest BCUT2D eigenvalue weighted by atomic mass is 9.95. The number of phenolic OH excluding ortho intramolecular Hbond substituents is 1. The largest absolute Gasteiger partial charge is 0.508 e. The molecule has 138 valence electrons. The molecule has 3 rings (SSSR count). The lowest BCUT2D eigenvalue weighted by Crippen LogP contribution is -2.16. The summed E-state index contributed by atoms with van der Waals surface area (Å²) in [6, 6.07) is 12.0. The molecule has 0 atom stereocenters. The van der Waals surface area contributed by atoms with Gasteiger partial charge in [-0.15, -0.1) is 0 Å². The molecular formula is C22H19F2NO2. The highest BCUT2D eigenvalue weighted by Gasteiger charge is 2.17. The van der Waals surface area contributed by atoms with E-state index in [0.29, 0.717) is 16.7 Å². The second kappa shape index (κ2) is 7.19. The zero-order valence-electron chi connectivity index (χ0n) is 15.2. The van der Waals surface area contributed by atoms with Crippen molar-refractivity contribution in [3.63, 3.8) is 0 Å². The topological polar surface area (TPSA) is 49.3 Å². The second-order valence-electron chi connectivity index (χ2n) is 6.50. The van der Waals surface area contributed by atoms with Crippen molar-refractivity contribution in [1.82, 2.24) is 0 Å². The first-order valence-corrected chi connectivity index (χ1v) is 8.44. The standard InChI is InChI=1S/C22H19F2NO2/c1-12-9-16(15-5-4-6-17(23)10-15)11-18(13(12)2)22(27)25-21-14(3)20(26)8-7-19(21)24/h4-11,26H,1-3H3,(H,25,27). The summed E-state index contributed by atoms with van der Waals surface area (Å²) in [6.45, 7) is 5.18. The van der Waals surface area contributed by atoms with Crippen LogP contribution in [0, 0.1) is 32.4 Å². The Balaban J connectivity index is 2.04. The minimum atomic E-state index is -0.630. The molecule has 27 heavy (non-hydrogen) atoms. The van der Waals surface area contributed by atoms with Crippen LogP contribution in [0.15, 0.2) is 48.5 Å². The SMILES string of the molecule is Cc1cc(-c2cccc(F)c2)cc(C(=O)Nc2c(F)ccc(O)c2C)c1C. The number of rotatable bonds is 3. The van der Waals surface area contributed by atoms with E-state index in [1.165, 1.54) is 25.1 Å².